The van der Waals surface area contributed by atoms with Gasteiger partial charge in [-0.3, -0.25) is 4.79 Å². The van der Waals surface area contributed by atoms with Crippen molar-refractivity contribution in [3.63, 3.8) is 0 Å². The van der Waals surface area contributed by atoms with Crippen LogP contribution in [-0.2, 0) is 6.54 Å². The quantitative estimate of drug-likeness (QED) is 0.849. The molecule has 4 heteroatoms. The van der Waals surface area contributed by atoms with Gasteiger partial charge in [0.15, 0.2) is 5.78 Å². The molecule has 2 rings (SSSR count). The van der Waals surface area contributed by atoms with Gasteiger partial charge in [-0.1, -0.05) is 23.7 Å². The van der Waals surface area contributed by atoms with E-state index >= 15 is 0 Å². The van der Waals surface area contributed by atoms with E-state index in [1.54, 1.807) is 6.92 Å². The number of aliphatic hydroxyl groups is 1. The number of aromatic nitrogens is 1. The van der Waals surface area contributed by atoms with E-state index in [9.17, 15) is 4.79 Å². The third-order valence-electron chi connectivity index (χ3n) is 2.79. The fraction of sp³-hybridized carbons (Fsp3) is 0.308. The van der Waals surface area contributed by atoms with Crippen molar-refractivity contribution in [1.82, 2.24) is 4.57 Å². The normalized spacial score (nSPS) is 11.0. The number of aliphatic hydroxyl groups excluding tert-OH is 1. The van der Waals surface area contributed by atoms with Crippen LogP contribution >= 0.6 is 11.6 Å². The highest BCUT2D eigenvalue weighted by Crippen LogP contribution is 2.28. The number of aryl methyl sites for hydroxylation is 1. The van der Waals surface area contributed by atoms with Gasteiger partial charge in [0.05, 0.1) is 10.5 Å². The largest absolute Gasteiger partial charge is 0.396 e. The number of hydrogen-bond acceptors (Lipinski definition) is 2. The summed E-state index contributed by atoms with van der Waals surface area (Å²) < 4.78 is 1.94. The number of fused-ring (bicyclic) bond motifs is 1. The van der Waals surface area contributed by atoms with Gasteiger partial charge in [-0.15, -0.1) is 0 Å². The number of Topliss-reactive ketones (excluding diaryl/α,β-unsaturated/α-hetero) is 1. The predicted molar refractivity (Wildman–Crippen MR) is 68.7 cm³/mol. The number of rotatable bonds is 4. The number of carbonyl (C=O) groups is 1. The molecule has 0 atom stereocenters. The van der Waals surface area contributed by atoms with Crippen LogP contribution in [0.3, 0.4) is 0 Å². The molecule has 0 spiro atoms. The van der Waals surface area contributed by atoms with Crippen LogP contribution in [0.2, 0.25) is 5.02 Å². The maximum Gasteiger partial charge on any atom is 0.161 e. The Morgan fingerprint density at radius 3 is 2.88 bits per heavy atom. The number of nitrogens with zero attached hydrogens (tertiary/aromatic N) is 1. The number of para-hydroxylation sites is 1. The van der Waals surface area contributed by atoms with Crippen molar-refractivity contribution in [3.05, 3.63) is 35.0 Å². The lowest BCUT2D eigenvalue weighted by atomic mass is 10.1. The number of carbonyl (C=O) groups excluding carboxylic acids is 1. The van der Waals surface area contributed by atoms with Crippen LogP contribution in [0.5, 0.6) is 0 Å². The van der Waals surface area contributed by atoms with Crippen molar-refractivity contribution in [2.45, 2.75) is 19.9 Å². The molecule has 0 fully saturated rings. The van der Waals surface area contributed by atoms with Crippen LogP contribution < -0.4 is 0 Å². The van der Waals surface area contributed by atoms with Crippen molar-refractivity contribution >= 4 is 28.3 Å². The van der Waals surface area contributed by atoms with Crippen molar-refractivity contribution in [3.8, 4) is 0 Å². The molecular weight excluding hydrogens is 238 g/mol. The Morgan fingerprint density at radius 1 is 1.47 bits per heavy atom. The second-order valence-electron chi connectivity index (χ2n) is 4.01. The summed E-state index contributed by atoms with van der Waals surface area (Å²) in [7, 11) is 0. The molecule has 17 heavy (non-hydrogen) atoms. The molecule has 1 aromatic heterocycles. The first kappa shape index (κ1) is 12.1. The van der Waals surface area contributed by atoms with Crippen LogP contribution in [0.25, 0.3) is 10.9 Å². The Hall–Kier alpha value is -1.32. The molecule has 0 unspecified atom stereocenters. The smallest absolute Gasteiger partial charge is 0.161 e. The van der Waals surface area contributed by atoms with E-state index in [-0.39, 0.29) is 12.4 Å². The van der Waals surface area contributed by atoms with Crippen molar-refractivity contribution in [2.24, 2.45) is 0 Å². The van der Waals surface area contributed by atoms with Crippen LogP contribution in [-0.4, -0.2) is 22.1 Å². The molecule has 0 radical (unpaired) electrons. The summed E-state index contributed by atoms with van der Waals surface area (Å²) in [6.07, 6.45) is 2.46. The Bertz CT molecular complexity index is 560. The van der Waals surface area contributed by atoms with Gasteiger partial charge in [-0.2, -0.15) is 0 Å². The monoisotopic (exact) mass is 251 g/mol. The molecule has 0 aliphatic heterocycles. The van der Waals surface area contributed by atoms with E-state index in [1.165, 1.54) is 0 Å². The van der Waals surface area contributed by atoms with Gasteiger partial charge < -0.3 is 9.67 Å². The molecule has 0 amide bonds. The number of benzene rings is 1. The fourth-order valence-electron chi connectivity index (χ4n) is 2.01. The number of halogens is 1. The van der Waals surface area contributed by atoms with Gasteiger partial charge in [-0.05, 0) is 19.4 Å². The Balaban J connectivity index is 2.63. The van der Waals surface area contributed by atoms with Gasteiger partial charge >= 0.3 is 0 Å². The highest BCUT2D eigenvalue weighted by atomic mass is 35.5. The summed E-state index contributed by atoms with van der Waals surface area (Å²) in [6.45, 7) is 2.33. The second-order valence-corrected chi connectivity index (χ2v) is 4.41. The van der Waals surface area contributed by atoms with Crippen LogP contribution in [0.1, 0.15) is 23.7 Å². The minimum absolute atomic E-state index is 0.0278. The standard InChI is InChI=1S/C13H14ClNO2/c1-9(17)11-8-15(6-3-7-16)13-10(11)4-2-5-12(13)14/h2,4-5,8,16H,3,6-7H2,1H3. The first-order chi connectivity index (χ1) is 8.15. The number of ketones is 1. The molecule has 3 nitrogen and oxygen atoms in total. The summed E-state index contributed by atoms with van der Waals surface area (Å²) >= 11 is 6.16. The van der Waals surface area contributed by atoms with Crippen LogP contribution in [0.15, 0.2) is 24.4 Å². The highest BCUT2D eigenvalue weighted by Gasteiger charge is 2.13. The zero-order valence-corrected chi connectivity index (χ0v) is 10.4. The zero-order chi connectivity index (χ0) is 12.4. The highest BCUT2D eigenvalue weighted by molar-refractivity contribution is 6.35. The van der Waals surface area contributed by atoms with Gasteiger partial charge in [0.25, 0.3) is 0 Å². The molecule has 0 aliphatic rings. The van der Waals surface area contributed by atoms with E-state index in [0.29, 0.717) is 23.6 Å². The SMILES string of the molecule is CC(=O)c1cn(CCCO)c2c(Cl)cccc12. The van der Waals surface area contributed by atoms with E-state index in [2.05, 4.69) is 0 Å². The molecule has 0 aliphatic carbocycles. The van der Waals surface area contributed by atoms with Gasteiger partial charge in [-0.25, -0.2) is 0 Å². The summed E-state index contributed by atoms with van der Waals surface area (Å²) in [4.78, 5) is 11.6. The first-order valence-electron chi connectivity index (χ1n) is 5.54. The van der Waals surface area contributed by atoms with Gasteiger partial charge in [0.2, 0.25) is 0 Å². The maximum atomic E-state index is 11.6. The van der Waals surface area contributed by atoms with Gasteiger partial charge in [0, 0.05) is 30.3 Å². The second kappa shape index (κ2) is 4.90. The molecule has 0 bridgehead atoms. The molecular formula is C13H14ClNO2. The lowest BCUT2D eigenvalue weighted by Crippen LogP contribution is -1.98. The third-order valence-corrected chi connectivity index (χ3v) is 3.09. The average Bonchev–Trinajstić information content (AvgIpc) is 2.67. The Morgan fingerprint density at radius 2 is 2.24 bits per heavy atom. The Labute approximate surface area is 105 Å². The fourth-order valence-corrected chi connectivity index (χ4v) is 2.30. The van der Waals surface area contributed by atoms with Crippen molar-refractivity contribution in [2.75, 3.05) is 6.61 Å². The molecule has 1 aromatic carbocycles. The average molecular weight is 252 g/mol. The number of hydrogen-bond donors (Lipinski definition) is 1. The van der Waals surface area contributed by atoms with Gasteiger partial charge in [0.1, 0.15) is 0 Å². The van der Waals surface area contributed by atoms with E-state index in [1.807, 2.05) is 29.0 Å². The van der Waals surface area contributed by atoms with Crippen molar-refractivity contribution in [1.29, 1.82) is 0 Å². The first-order valence-corrected chi connectivity index (χ1v) is 5.92. The minimum Gasteiger partial charge on any atom is -0.396 e. The van der Waals surface area contributed by atoms with Crippen molar-refractivity contribution < 1.29 is 9.90 Å². The lowest BCUT2D eigenvalue weighted by Gasteiger charge is -2.04. The molecule has 2 aromatic rings. The molecule has 0 saturated carbocycles. The molecule has 1 heterocycles. The third kappa shape index (κ3) is 2.21. The maximum absolute atomic E-state index is 11.6. The Kier molecular flexibility index (Phi) is 3.50. The van der Waals surface area contributed by atoms with E-state index in [4.69, 9.17) is 16.7 Å². The molecule has 0 saturated heterocycles. The predicted octanol–water partition coefficient (Wildman–Crippen LogP) is 2.88. The van der Waals surface area contributed by atoms with E-state index in [0.717, 1.165) is 10.9 Å². The molecule has 90 valence electrons. The topological polar surface area (TPSA) is 42.2 Å². The van der Waals surface area contributed by atoms with Crippen LogP contribution in [0.4, 0.5) is 0 Å². The zero-order valence-electron chi connectivity index (χ0n) is 9.61. The minimum atomic E-state index is 0.0278. The summed E-state index contributed by atoms with van der Waals surface area (Å²) in [5.74, 6) is 0.0278. The van der Waals surface area contributed by atoms with E-state index < -0.39 is 0 Å². The lowest BCUT2D eigenvalue weighted by molar-refractivity contribution is 0.101. The summed E-state index contributed by atoms with van der Waals surface area (Å²) in [5.41, 5.74) is 1.55. The van der Waals surface area contributed by atoms with Crippen LogP contribution in [0, 0.1) is 0 Å². The summed E-state index contributed by atoms with van der Waals surface area (Å²) in [5, 5.41) is 10.4. The molecule has 1 N–H and O–H groups in total. The summed E-state index contributed by atoms with van der Waals surface area (Å²) in [6, 6.07) is 5.55.